The zero-order chi connectivity index (χ0) is 15.8. The van der Waals surface area contributed by atoms with Crippen LogP contribution in [0.2, 0.25) is 5.02 Å². The van der Waals surface area contributed by atoms with Crippen LogP contribution in [-0.4, -0.2) is 28.0 Å². The number of hydrogen-bond acceptors (Lipinski definition) is 2. The second-order valence-electron chi connectivity index (χ2n) is 6.13. The summed E-state index contributed by atoms with van der Waals surface area (Å²) < 4.78 is 13.3. The molecule has 3 aromatic rings. The first kappa shape index (κ1) is 14.7. The van der Waals surface area contributed by atoms with Crippen molar-refractivity contribution in [2.45, 2.75) is 18.9 Å². The van der Waals surface area contributed by atoms with Crippen molar-refractivity contribution in [3.05, 3.63) is 64.7 Å². The van der Waals surface area contributed by atoms with Crippen LogP contribution in [-0.2, 0) is 6.54 Å². The molecule has 1 fully saturated rings. The quantitative estimate of drug-likeness (QED) is 0.775. The number of aromatic nitrogens is 2. The van der Waals surface area contributed by atoms with Gasteiger partial charge < -0.3 is 4.98 Å². The Bertz CT molecular complexity index is 828. The lowest BCUT2D eigenvalue weighted by atomic mass is 10.1. The molecule has 3 nitrogen and oxygen atoms in total. The van der Waals surface area contributed by atoms with Gasteiger partial charge in [-0.2, -0.15) is 0 Å². The number of benzene rings is 2. The fourth-order valence-corrected chi connectivity index (χ4v) is 3.37. The van der Waals surface area contributed by atoms with E-state index in [2.05, 4.69) is 27.0 Å². The van der Waals surface area contributed by atoms with Crippen LogP contribution < -0.4 is 0 Å². The number of imidazole rings is 1. The molecule has 0 radical (unpaired) electrons. The molecule has 23 heavy (non-hydrogen) atoms. The lowest BCUT2D eigenvalue weighted by Crippen LogP contribution is -2.19. The van der Waals surface area contributed by atoms with Crippen molar-refractivity contribution in [3.8, 4) is 0 Å². The number of H-pyrrole nitrogens is 1. The first-order valence-electron chi connectivity index (χ1n) is 7.79. The van der Waals surface area contributed by atoms with Gasteiger partial charge in [-0.15, -0.1) is 0 Å². The highest BCUT2D eigenvalue weighted by atomic mass is 35.5. The number of fused-ring (bicyclic) bond motifs is 1. The minimum atomic E-state index is -0.233. The average Bonchev–Trinajstić information content (AvgIpc) is 3.15. The molecule has 5 heteroatoms. The van der Waals surface area contributed by atoms with Crippen molar-refractivity contribution in [3.63, 3.8) is 0 Å². The maximum atomic E-state index is 13.3. The zero-order valence-corrected chi connectivity index (χ0v) is 13.4. The Morgan fingerprint density at radius 3 is 2.87 bits per heavy atom. The Morgan fingerprint density at radius 1 is 1.22 bits per heavy atom. The van der Waals surface area contributed by atoms with Gasteiger partial charge in [0.25, 0.3) is 0 Å². The molecule has 0 amide bonds. The number of aromatic amines is 1. The number of nitrogens with zero attached hydrogens (tertiary/aromatic N) is 2. The molecule has 1 saturated heterocycles. The Labute approximate surface area is 139 Å². The maximum Gasteiger partial charge on any atom is 0.125 e. The number of hydrogen-bond donors (Lipinski definition) is 1. The van der Waals surface area contributed by atoms with E-state index in [1.165, 1.54) is 17.7 Å². The third-order valence-corrected chi connectivity index (χ3v) is 4.69. The van der Waals surface area contributed by atoms with Gasteiger partial charge in [0, 0.05) is 24.0 Å². The second kappa shape index (κ2) is 5.95. The van der Waals surface area contributed by atoms with Crippen LogP contribution in [0.5, 0.6) is 0 Å². The second-order valence-corrected chi connectivity index (χ2v) is 6.57. The highest BCUT2D eigenvalue weighted by Crippen LogP contribution is 2.28. The van der Waals surface area contributed by atoms with Crippen molar-refractivity contribution < 1.29 is 4.39 Å². The van der Waals surface area contributed by atoms with E-state index in [1.54, 1.807) is 6.07 Å². The molecule has 0 bridgehead atoms. The minimum Gasteiger partial charge on any atom is -0.342 e. The topological polar surface area (TPSA) is 31.9 Å². The van der Waals surface area contributed by atoms with Gasteiger partial charge in [-0.1, -0.05) is 23.7 Å². The molecule has 1 aromatic heterocycles. The summed E-state index contributed by atoms with van der Waals surface area (Å²) in [5.41, 5.74) is 2.87. The standard InChI is InChI=1S/C18H17ClFN3/c19-14-3-1-12(2-4-14)10-23-8-7-13(11-23)18-21-16-6-5-15(20)9-17(16)22-18/h1-6,9,13H,7-8,10-11H2,(H,21,22). The third-order valence-electron chi connectivity index (χ3n) is 4.44. The summed E-state index contributed by atoms with van der Waals surface area (Å²) in [6.07, 6.45) is 1.07. The van der Waals surface area contributed by atoms with Gasteiger partial charge in [-0.25, -0.2) is 9.37 Å². The molecule has 0 saturated carbocycles. The van der Waals surface area contributed by atoms with E-state index >= 15 is 0 Å². The van der Waals surface area contributed by atoms with Gasteiger partial charge in [0.2, 0.25) is 0 Å². The predicted octanol–water partition coefficient (Wildman–Crippen LogP) is 4.34. The molecule has 0 aliphatic carbocycles. The highest BCUT2D eigenvalue weighted by molar-refractivity contribution is 6.30. The molecule has 1 aliphatic rings. The fraction of sp³-hybridized carbons (Fsp3) is 0.278. The van der Waals surface area contributed by atoms with E-state index < -0.39 is 0 Å². The summed E-state index contributed by atoms with van der Waals surface area (Å²) in [6, 6.07) is 12.7. The number of nitrogens with one attached hydrogen (secondary N) is 1. The summed E-state index contributed by atoms with van der Waals surface area (Å²) in [5, 5.41) is 0.766. The monoisotopic (exact) mass is 329 g/mol. The van der Waals surface area contributed by atoms with E-state index in [9.17, 15) is 4.39 Å². The van der Waals surface area contributed by atoms with E-state index in [0.717, 1.165) is 47.9 Å². The molecule has 0 spiro atoms. The van der Waals surface area contributed by atoms with Gasteiger partial charge in [0.1, 0.15) is 11.6 Å². The largest absolute Gasteiger partial charge is 0.342 e. The Morgan fingerprint density at radius 2 is 2.04 bits per heavy atom. The smallest absolute Gasteiger partial charge is 0.125 e. The van der Waals surface area contributed by atoms with Crippen LogP contribution in [0.1, 0.15) is 23.7 Å². The van der Waals surface area contributed by atoms with Crippen molar-refractivity contribution in [2.24, 2.45) is 0 Å². The van der Waals surface area contributed by atoms with E-state index in [1.807, 2.05) is 12.1 Å². The van der Waals surface area contributed by atoms with Crippen molar-refractivity contribution >= 4 is 22.6 Å². The molecule has 1 unspecified atom stereocenters. The molecular formula is C18H17ClFN3. The summed E-state index contributed by atoms with van der Waals surface area (Å²) in [5.74, 6) is 1.10. The van der Waals surface area contributed by atoms with Crippen LogP contribution in [0.25, 0.3) is 11.0 Å². The summed E-state index contributed by atoms with van der Waals surface area (Å²) in [7, 11) is 0. The summed E-state index contributed by atoms with van der Waals surface area (Å²) in [4.78, 5) is 10.3. The van der Waals surface area contributed by atoms with Crippen molar-refractivity contribution in [2.75, 3.05) is 13.1 Å². The first-order valence-corrected chi connectivity index (χ1v) is 8.17. The van der Waals surface area contributed by atoms with Gasteiger partial charge >= 0.3 is 0 Å². The van der Waals surface area contributed by atoms with Gasteiger partial charge in [0.05, 0.1) is 11.0 Å². The molecule has 2 aromatic carbocycles. The van der Waals surface area contributed by atoms with Gasteiger partial charge in [0.15, 0.2) is 0 Å². The Hall–Kier alpha value is -1.91. The summed E-state index contributed by atoms with van der Waals surface area (Å²) >= 11 is 5.93. The Kier molecular flexibility index (Phi) is 3.79. The molecule has 1 N–H and O–H groups in total. The van der Waals surface area contributed by atoms with Crippen molar-refractivity contribution in [1.82, 2.24) is 14.9 Å². The normalized spacial score (nSPS) is 18.8. The number of rotatable bonds is 3. The Balaban J connectivity index is 1.47. The molecule has 4 rings (SSSR count). The lowest BCUT2D eigenvalue weighted by molar-refractivity contribution is 0.326. The molecule has 118 valence electrons. The maximum absolute atomic E-state index is 13.3. The van der Waals surface area contributed by atoms with Crippen LogP contribution in [0.4, 0.5) is 4.39 Å². The van der Waals surface area contributed by atoms with Crippen LogP contribution in [0, 0.1) is 5.82 Å². The van der Waals surface area contributed by atoms with E-state index in [0.29, 0.717) is 5.92 Å². The number of likely N-dealkylation sites (tertiary alicyclic amines) is 1. The minimum absolute atomic E-state index is 0.233. The molecule has 1 aliphatic heterocycles. The fourth-order valence-electron chi connectivity index (χ4n) is 3.24. The van der Waals surface area contributed by atoms with Crippen LogP contribution in [0.3, 0.4) is 0 Å². The van der Waals surface area contributed by atoms with Gasteiger partial charge in [-0.05, 0) is 48.9 Å². The predicted molar refractivity (Wildman–Crippen MR) is 90.1 cm³/mol. The van der Waals surface area contributed by atoms with Crippen LogP contribution in [0.15, 0.2) is 42.5 Å². The third kappa shape index (κ3) is 3.09. The number of halogens is 2. The van der Waals surface area contributed by atoms with E-state index in [4.69, 9.17) is 11.6 Å². The van der Waals surface area contributed by atoms with Crippen LogP contribution >= 0.6 is 11.6 Å². The molecule has 2 heterocycles. The summed E-state index contributed by atoms with van der Waals surface area (Å²) in [6.45, 7) is 2.92. The van der Waals surface area contributed by atoms with Gasteiger partial charge in [-0.3, -0.25) is 4.90 Å². The molecular weight excluding hydrogens is 313 g/mol. The lowest BCUT2D eigenvalue weighted by Gasteiger charge is -2.15. The first-order chi connectivity index (χ1) is 11.2. The van der Waals surface area contributed by atoms with E-state index in [-0.39, 0.29) is 5.82 Å². The zero-order valence-electron chi connectivity index (χ0n) is 12.6. The molecule has 1 atom stereocenters. The average molecular weight is 330 g/mol. The SMILES string of the molecule is Fc1ccc2nc(C3CCN(Cc4ccc(Cl)cc4)C3)[nH]c2c1. The highest BCUT2D eigenvalue weighted by Gasteiger charge is 2.26. The van der Waals surface area contributed by atoms with Crippen molar-refractivity contribution in [1.29, 1.82) is 0 Å².